The lowest BCUT2D eigenvalue weighted by Crippen LogP contribution is -2.47. The van der Waals surface area contributed by atoms with Crippen molar-refractivity contribution in [3.05, 3.63) is 77.2 Å². The molecule has 1 saturated heterocycles. The topological polar surface area (TPSA) is 43.9 Å². The van der Waals surface area contributed by atoms with Crippen LogP contribution in [0.25, 0.3) is 5.57 Å². The Morgan fingerprint density at radius 1 is 0.862 bits per heavy atom. The van der Waals surface area contributed by atoms with Crippen molar-refractivity contribution in [3.63, 3.8) is 0 Å². The van der Waals surface area contributed by atoms with Gasteiger partial charge in [-0.05, 0) is 29.8 Å². The molecule has 0 spiro atoms. The van der Waals surface area contributed by atoms with E-state index in [-0.39, 0.29) is 24.2 Å². The molecule has 0 aromatic heterocycles. The number of hydrogen-bond acceptors (Lipinski definition) is 4. The van der Waals surface area contributed by atoms with Crippen LogP contribution in [0.15, 0.2) is 60.3 Å². The molecule has 0 atom stereocenters. The fourth-order valence-electron chi connectivity index (χ4n) is 3.93. The van der Waals surface area contributed by atoms with E-state index in [1.807, 2.05) is 35.2 Å². The lowest BCUT2D eigenvalue weighted by molar-refractivity contribution is -0.138. The van der Waals surface area contributed by atoms with Crippen molar-refractivity contribution in [2.24, 2.45) is 0 Å². The van der Waals surface area contributed by atoms with Crippen molar-refractivity contribution in [3.8, 4) is 0 Å². The molecule has 0 saturated carbocycles. The van der Waals surface area contributed by atoms with Gasteiger partial charge in [-0.25, -0.2) is 4.39 Å². The first-order valence-electron chi connectivity index (χ1n) is 9.96. The molecular weight excluding hydrogens is 369 g/mol. The van der Waals surface area contributed by atoms with Gasteiger partial charge in [-0.2, -0.15) is 0 Å². The highest BCUT2D eigenvalue weighted by Gasteiger charge is 2.42. The van der Waals surface area contributed by atoms with Crippen molar-refractivity contribution in [1.29, 1.82) is 0 Å². The number of halogens is 1. The second-order valence-corrected chi connectivity index (χ2v) is 7.33. The maximum absolute atomic E-state index is 13.3. The number of imide groups is 1. The summed E-state index contributed by atoms with van der Waals surface area (Å²) in [5, 5.41) is 0. The fraction of sp³-hybridized carbons (Fsp3) is 0.304. The predicted molar refractivity (Wildman–Crippen MR) is 109 cm³/mol. The Morgan fingerprint density at radius 2 is 1.52 bits per heavy atom. The maximum Gasteiger partial charge on any atom is 0.278 e. The van der Waals surface area contributed by atoms with Crippen molar-refractivity contribution < 1.29 is 14.0 Å². The van der Waals surface area contributed by atoms with Gasteiger partial charge in [0.25, 0.3) is 11.8 Å². The number of amides is 2. The number of piperazine rings is 1. The molecule has 2 amide bonds. The van der Waals surface area contributed by atoms with E-state index >= 15 is 0 Å². The Labute approximate surface area is 170 Å². The Bertz CT molecular complexity index is 932. The van der Waals surface area contributed by atoms with Crippen molar-refractivity contribution in [2.45, 2.75) is 13.5 Å². The van der Waals surface area contributed by atoms with Gasteiger partial charge in [0.2, 0.25) is 0 Å². The molecule has 0 N–H and O–H groups in total. The third-order valence-corrected chi connectivity index (χ3v) is 5.60. The third-order valence-electron chi connectivity index (χ3n) is 5.60. The van der Waals surface area contributed by atoms with E-state index in [9.17, 15) is 14.0 Å². The minimum Gasteiger partial charge on any atom is -0.364 e. The summed E-state index contributed by atoms with van der Waals surface area (Å²) in [4.78, 5) is 32.3. The molecule has 29 heavy (non-hydrogen) atoms. The second kappa shape index (κ2) is 8.17. The Hall–Kier alpha value is -2.99. The first kappa shape index (κ1) is 19.3. The van der Waals surface area contributed by atoms with E-state index in [0.29, 0.717) is 24.4 Å². The summed E-state index contributed by atoms with van der Waals surface area (Å²) < 4.78 is 13.2. The SMILES string of the molecule is CCN1CCN(C2=C(c3ccccc3)C(=O)N(Cc3ccc(F)cc3)C2=O)CC1. The van der Waals surface area contributed by atoms with Crippen LogP contribution in [0.2, 0.25) is 0 Å². The molecule has 6 heteroatoms. The van der Waals surface area contributed by atoms with Crippen molar-refractivity contribution in [2.75, 3.05) is 32.7 Å². The number of likely N-dealkylation sites (N-methyl/N-ethyl adjacent to an activating group) is 1. The molecule has 0 aliphatic carbocycles. The molecular formula is C23H24FN3O2. The molecule has 2 aromatic rings. The van der Waals surface area contributed by atoms with Crippen LogP contribution < -0.4 is 0 Å². The molecule has 4 rings (SSSR count). The van der Waals surface area contributed by atoms with Crippen LogP contribution in [-0.4, -0.2) is 59.2 Å². The fourth-order valence-corrected chi connectivity index (χ4v) is 3.93. The molecule has 2 aliphatic rings. The smallest absolute Gasteiger partial charge is 0.278 e. The van der Waals surface area contributed by atoms with Crippen LogP contribution in [0.1, 0.15) is 18.1 Å². The number of carbonyl (C=O) groups excluding carboxylic acids is 2. The summed E-state index contributed by atoms with van der Waals surface area (Å²) in [7, 11) is 0. The maximum atomic E-state index is 13.3. The van der Waals surface area contributed by atoms with Crippen molar-refractivity contribution >= 4 is 17.4 Å². The number of benzene rings is 2. The minimum absolute atomic E-state index is 0.132. The monoisotopic (exact) mass is 393 g/mol. The molecule has 2 heterocycles. The molecule has 1 fully saturated rings. The summed E-state index contributed by atoms with van der Waals surface area (Å²) in [5.74, 6) is -0.910. The molecule has 2 aliphatic heterocycles. The van der Waals surface area contributed by atoms with Gasteiger partial charge in [0.15, 0.2) is 0 Å². The largest absolute Gasteiger partial charge is 0.364 e. The second-order valence-electron chi connectivity index (χ2n) is 7.33. The highest BCUT2D eigenvalue weighted by molar-refractivity contribution is 6.35. The highest BCUT2D eigenvalue weighted by atomic mass is 19.1. The summed E-state index contributed by atoms with van der Waals surface area (Å²) in [6.07, 6.45) is 0. The van der Waals surface area contributed by atoms with E-state index in [4.69, 9.17) is 0 Å². The van der Waals surface area contributed by atoms with Gasteiger partial charge in [-0.3, -0.25) is 14.5 Å². The highest BCUT2D eigenvalue weighted by Crippen LogP contribution is 2.33. The lowest BCUT2D eigenvalue weighted by Gasteiger charge is -2.36. The Balaban J connectivity index is 1.67. The van der Waals surface area contributed by atoms with Gasteiger partial charge in [0, 0.05) is 26.2 Å². The molecule has 0 radical (unpaired) electrons. The van der Waals surface area contributed by atoms with Crippen LogP contribution >= 0.6 is 0 Å². The zero-order chi connectivity index (χ0) is 20.4. The zero-order valence-corrected chi connectivity index (χ0v) is 16.5. The zero-order valence-electron chi connectivity index (χ0n) is 16.5. The van der Waals surface area contributed by atoms with E-state index in [0.717, 1.165) is 30.8 Å². The van der Waals surface area contributed by atoms with Gasteiger partial charge >= 0.3 is 0 Å². The summed E-state index contributed by atoms with van der Waals surface area (Å²) >= 11 is 0. The number of nitrogens with zero attached hydrogens (tertiary/aromatic N) is 3. The van der Waals surface area contributed by atoms with Crippen LogP contribution in [0.4, 0.5) is 4.39 Å². The van der Waals surface area contributed by atoms with Crippen LogP contribution in [0.3, 0.4) is 0 Å². The van der Waals surface area contributed by atoms with E-state index in [1.165, 1.54) is 17.0 Å². The molecule has 150 valence electrons. The predicted octanol–water partition coefficient (Wildman–Crippen LogP) is 2.74. The first-order valence-corrected chi connectivity index (χ1v) is 9.96. The van der Waals surface area contributed by atoms with Gasteiger partial charge in [0.05, 0.1) is 12.1 Å². The summed E-state index contributed by atoms with van der Waals surface area (Å²) in [5.41, 5.74) is 2.42. The summed E-state index contributed by atoms with van der Waals surface area (Å²) in [6, 6.07) is 15.3. The van der Waals surface area contributed by atoms with E-state index in [1.54, 1.807) is 12.1 Å². The van der Waals surface area contributed by atoms with Gasteiger partial charge in [0.1, 0.15) is 11.5 Å². The molecule has 5 nitrogen and oxygen atoms in total. The third kappa shape index (κ3) is 3.80. The molecule has 2 aromatic carbocycles. The Kier molecular flexibility index (Phi) is 5.45. The number of rotatable bonds is 5. The van der Waals surface area contributed by atoms with E-state index in [2.05, 4.69) is 11.8 Å². The van der Waals surface area contributed by atoms with Crippen LogP contribution in [0, 0.1) is 5.82 Å². The first-order chi connectivity index (χ1) is 14.1. The summed E-state index contributed by atoms with van der Waals surface area (Å²) in [6.45, 7) is 6.38. The van der Waals surface area contributed by atoms with Gasteiger partial charge in [-0.15, -0.1) is 0 Å². The Morgan fingerprint density at radius 3 is 2.14 bits per heavy atom. The standard InChI is InChI=1S/C23H24FN3O2/c1-2-25-12-14-26(15-13-25)21-20(18-6-4-3-5-7-18)22(28)27(23(21)29)16-17-8-10-19(24)11-9-17/h3-11H,2,12-16H2,1H3. The van der Waals surface area contributed by atoms with Gasteiger partial charge in [-0.1, -0.05) is 49.4 Å². The normalized spacial score (nSPS) is 18.1. The van der Waals surface area contributed by atoms with Gasteiger partial charge < -0.3 is 9.80 Å². The van der Waals surface area contributed by atoms with E-state index < -0.39 is 0 Å². The molecule has 0 bridgehead atoms. The van der Waals surface area contributed by atoms with Crippen molar-refractivity contribution in [1.82, 2.24) is 14.7 Å². The lowest BCUT2D eigenvalue weighted by atomic mass is 10.0. The molecule has 0 unspecified atom stereocenters. The number of carbonyl (C=O) groups is 2. The van der Waals surface area contributed by atoms with Crippen LogP contribution in [0.5, 0.6) is 0 Å². The number of hydrogen-bond donors (Lipinski definition) is 0. The quantitative estimate of drug-likeness (QED) is 0.733. The van der Waals surface area contributed by atoms with Crippen LogP contribution in [-0.2, 0) is 16.1 Å². The minimum atomic E-state index is -0.342. The average molecular weight is 393 g/mol. The average Bonchev–Trinajstić information content (AvgIpc) is 3.00.